The number of hydrogen-bond acceptors (Lipinski definition) is 4. The Balaban J connectivity index is 2.06. The maximum absolute atomic E-state index is 13.8. The van der Waals surface area contributed by atoms with E-state index in [1.165, 1.54) is 13.2 Å². The average molecular weight is 268 g/mol. The molecule has 106 valence electrons. The Hall–Kier alpha value is -1.49. The second kappa shape index (κ2) is 5.65. The number of rotatable bonds is 4. The molecule has 1 aromatic carbocycles. The lowest BCUT2D eigenvalue weighted by Crippen LogP contribution is -2.33. The van der Waals surface area contributed by atoms with Gasteiger partial charge in [0.15, 0.2) is 0 Å². The molecule has 19 heavy (non-hydrogen) atoms. The maximum atomic E-state index is 13.8. The van der Waals surface area contributed by atoms with Crippen LogP contribution in [0.2, 0.25) is 0 Å². The molecule has 0 bridgehead atoms. The van der Waals surface area contributed by atoms with E-state index in [0.29, 0.717) is 23.7 Å². The van der Waals surface area contributed by atoms with Crippen LogP contribution < -0.4 is 15.8 Å². The van der Waals surface area contributed by atoms with Gasteiger partial charge in [-0.3, -0.25) is 0 Å². The van der Waals surface area contributed by atoms with Crippen LogP contribution in [0.5, 0.6) is 5.75 Å². The zero-order chi connectivity index (χ0) is 13.9. The molecule has 5 heteroatoms. The molecule has 0 atom stereocenters. The predicted molar refractivity (Wildman–Crippen MR) is 74.0 cm³/mol. The van der Waals surface area contributed by atoms with Gasteiger partial charge in [-0.2, -0.15) is 0 Å². The van der Waals surface area contributed by atoms with Gasteiger partial charge >= 0.3 is 0 Å². The molecule has 0 aliphatic carbocycles. The van der Waals surface area contributed by atoms with Crippen molar-refractivity contribution in [2.45, 2.75) is 19.8 Å². The lowest BCUT2D eigenvalue weighted by atomic mass is 9.82. The van der Waals surface area contributed by atoms with Gasteiger partial charge < -0.3 is 20.5 Å². The normalized spacial score (nSPS) is 18.1. The first kappa shape index (κ1) is 13.9. The molecule has 0 radical (unpaired) electrons. The van der Waals surface area contributed by atoms with Crippen molar-refractivity contribution in [2.24, 2.45) is 5.41 Å². The highest BCUT2D eigenvalue weighted by Gasteiger charge is 2.27. The van der Waals surface area contributed by atoms with Crippen molar-refractivity contribution in [2.75, 3.05) is 37.9 Å². The molecule has 0 unspecified atom stereocenters. The average Bonchev–Trinajstić information content (AvgIpc) is 2.39. The van der Waals surface area contributed by atoms with Gasteiger partial charge in [0.05, 0.1) is 18.5 Å². The van der Waals surface area contributed by atoms with E-state index in [2.05, 4.69) is 12.2 Å². The molecule has 4 nitrogen and oxygen atoms in total. The fraction of sp³-hybridized carbons (Fsp3) is 0.571. The number of halogens is 1. The summed E-state index contributed by atoms with van der Waals surface area (Å²) < 4.78 is 24.3. The van der Waals surface area contributed by atoms with Crippen molar-refractivity contribution in [1.82, 2.24) is 0 Å². The van der Waals surface area contributed by atoms with Crippen molar-refractivity contribution in [1.29, 1.82) is 0 Å². The Bertz CT molecular complexity index is 445. The molecule has 1 saturated heterocycles. The highest BCUT2D eigenvalue weighted by atomic mass is 19.1. The van der Waals surface area contributed by atoms with E-state index in [1.54, 1.807) is 6.07 Å². The van der Waals surface area contributed by atoms with Gasteiger partial charge in [0, 0.05) is 31.9 Å². The zero-order valence-corrected chi connectivity index (χ0v) is 11.5. The molecular formula is C14H21FN2O2. The van der Waals surface area contributed by atoms with Crippen LogP contribution in [0.15, 0.2) is 12.1 Å². The van der Waals surface area contributed by atoms with Crippen molar-refractivity contribution < 1.29 is 13.9 Å². The van der Waals surface area contributed by atoms with Crippen molar-refractivity contribution in [3.05, 3.63) is 17.9 Å². The van der Waals surface area contributed by atoms with Gasteiger partial charge in [-0.1, -0.05) is 6.92 Å². The fourth-order valence-corrected chi connectivity index (χ4v) is 2.23. The SMILES string of the molecule is COc1cc(NCC2(C)CCOCC2)c(F)cc1N. The van der Waals surface area contributed by atoms with Crippen LogP contribution in [0.25, 0.3) is 0 Å². The summed E-state index contributed by atoms with van der Waals surface area (Å²) in [5.41, 5.74) is 6.53. The van der Waals surface area contributed by atoms with E-state index >= 15 is 0 Å². The molecule has 0 aromatic heterocycles. The number of nitrogen functional groups attached to an aromatic ring is 1. The maximum Gasteiger partial charge on any atom is 0.148 e. The van der Waals surface area contributed by atoms with E-state index in [4.69, 9.17) is 15.2 Å². The number of anilines is 2. The summed E-state index contributed by atoms with van der Waals surface area (Å²) in [4.78, 5) is 0. The topological polar surface area (TPSA) is 56.5 Å². The summed E-state index contributed by atoms with van der Waals surface area (Å²) >= 11 is 0. The molecule has 1 aliphatic heterocycles. The number of methoxy groups -OCH3 is 1. The molecule has 3 N–H and O–H groups in total. The molecule has 1 aromatic rings. The van der Waals surface area contributed by atoms with Crippen LogP contribution in [0.3, 0.4) is 0 Å². The minimum absolute atomic E-state index is 0.138. The summed E-state index contributed by atoms with van der Waals surface area (Å²) in [5, 5.41) is 3.16. The number of nitrogens with one attached hydrogen (secondary N) is 1. The monoisotopic (exact) mass is 268 g/mol. The number of ether oxygens (including phenoxy) is 2. The van der Waals surface area contributed by atoms with Gasteiger partial charge in [0.2, 0.25) is 0 Å². The van der Waals surface area contributed by atoms with E-state index in [-0.39, 0.29) is 11.2 Å². The molecule has 1 aliphatic rings. The molecule has 1 heterocycles. The minimum atomic E-state index is -0.353. The fourth-order valence-electron chi connectivity index (χ4n) is 2.23. The first-order valence-corrected chi connectivity index (χ1v) is 6.49. The third-order valence-electron chi connectivity index (χ3n) is 3.72. The Morgan fingerprint density at radius 2 is 2.11 bits per heavy atom. The molecule has 2 rings (SSSR count). The largest absolute Gasteiger partial charge is 0.495 e. The van der Waals surface area contributed by atoms with Crippen molar-refractivity contribution in [3.63, 3.8) is 0 Å². The summed E-state index contributed by atoms with van der Waals surface area (Å²) in [7, 11) is 1.52. The zero-order valence-electron chi connectivity index (χ0n) is 11.5. The smallest absolute Gasteiger partial charge is 0.148 e. The van der Waals surface area contributed by atoms with E-state index in [1.807, 2.05) is 0 Å². The van der Waals surface area contributed by atoms with Gasteiger partial charge in [0.1, 0.15) is 11.6 Å². The van der Waals surface area contributed by atoms with Crippen LogP contribution in [0, 0.1) is 11.2 Å². The summed E-state index contributed by atoms with van der Waals surface area (Å²) in [6.07, 6.45) is 1.96. The number of nitrogens with two attached hydrogens (primary N) is 1. The minimum Gasteiger partial charge on any atom is -0.495 e. The van der Waals surface area contributed by atoms with Crippen LogP contribution in [-0.4, -0.2) is 26.9 Å². The van der Waals surface area contributed by atoms with Crippen molar-refractivity contribution in [3.8, 4) is 5.75 Å². The van der Waals surface area contributed by atoms with E-state index in [0.717, 1.165) is 26.1 Å². The van der Waals surface area contributed by atoms with Gasteiger partial charge in [0.25, 0.3) is 0 Å². The molecule has 0 saturated carbocycles. The first-order valence-electron chi connectivity index (χ1n) is 6.49. The van der Waals surface area contributed by atoms with E-state index < -0.39 is 0 Å². The third kappa shape index (κ3) is 3.29. The van der Waals surface area contributed by atoms with Crippen molar-refractivity contribution >= 4 is 11.4 Å². The lowest BCUT2D eigenvalue weighted by Gasteiger charge is -2.34. The Labute approximate surface area is 113 Å². The van der Waals surface area contributed by atoms with Crippen LogP contribution in [0.1, 0.15) is 19.8 Å². The van der Waals surface area contributed by atoms with Gasteiger partial charge in [-0.15, -0.1) is 0 Å². The van der Waals surface area contributed by atoms with Gasteiger partial charge in [-0.25, -0.2) is 4.39 Å². The van der Waals surface area contributed by atoms with Crippen LogP contribution >= 0.6 is 0 Å². The third-order valence-corrected chi connectivity index (χ3v) is 3.72. The number of benzene rings is 1. The lowest BCUT2D eigenvalue weighted by molar-refractivity contribution is 0.0300. The first-order chi connectivity index (χ1) is 9.04. The molecule has 1 fully saturated rings. The highest BCUT2D eigenvalue weighted by Crippen LogP contribution is 2.32. The molecular weight excluding hydrogens is 247 g/mol. The summed E-state index contributed by atoms with van der Waals surface area (Å²) in [6, 6.07) is 2.89. The second-order valence-electron chi connectivity index (χ2n) is 5.35. The van der Waals surface area contributed by atoms with Crippen LogP contribution in [0.4, 0.5) is 15.8 Å². The number of hydrogen-bond donors (Lipinski definition) is 2. The molecule has 0 spiro atoms. The standard InChI is InChI=1S/C14H21FN2O2/c1-14(3-5-19-6-4-14)9-17-12-8-13(18-2)11(16)7-10(12)15/h7-8,17H,3-6,9,16H2,1-2H3. The summed E-state index contributed by atoms with van der Waals surface area (Å²) in [5.74, 6) is 0.134. The predicted octanol–water partition coefficient (Wildman–Crippen LogP) is 2.65. The van der Waals surface area contributed by atoms with Crippen LogP contribution in [-0.2, 0) is 4.74 Å². The second-order valence-corrected chi connectivity index (χ2v) is 5.35. The Morgan fingerprint density at radius 1 is 1.42 bits per heavy atom. The Kier molecular flexibility index (Phi) is 4.14. The summed E-state index contributed by atoms with van der Waals surface area (Å²) in [6.45, 7) is 4.44. The molecule has 0 amide bonds. The van der Waals surface area contributed by atoms with Gasteiger partial charge in [-0.05, 0) is 18.3 Å². The Morgan fingerprint density at radius 3 is 2.74 bits per heavy atom. The quantitative estimate of drug-likeness (QED) is 0.824. The van der Waals surface area contributed by atoms with E-state index in [9.17, 15) is 4.39 Å². The highest BCUT2D eigenvalue weighted by molar-refractivity contribution is 5.62.